The molecule has 4 N–H and O–H groups in total. The van der Waals surface area contributed by atoms with Crippen LogP contribution in [0.5, 0.6) is 0 Å². The van der Waals surface area contributed by atoms with Crippen molar-refractivity contribution in [3.05, 3.63) is 0 Å². The summed E-state index contributed by atoms with van der Waals surface area (Å²) < 4.78 is 0. The molecule has 0 heterocycles. The molecule has 0 aliphatic heterocycles. The maximum atomic E-state index is 10.6. The van der Waals surface area contributed by atoms with E-state index in [1.54, 1.807) is 0 Å². The molecule has 5 heteroatoms. The monoisotopic (exact) mass is 574 g/mol. The number of amides is 2. The SMILES string of the molecule is CCCCCCCCCCCCCCCCCC(N)=O.CCCCCCCCCCCCCCCCCC(N)=O.[Li]. The van der Waals surface area contributed by atoms with E-state index in [0.717, 1.165) is 12.8 Å². The van der Waals surface area contributed by atoms with Gasteiger partial charge in [-0.3, -0.25) is 9.59 Å². The van der Waals surface area contributed by atoms with Gasteiger partial charge in [0.15, 0.2) is 0 Å². The number of hydrogen-bond acceptors (Lipinski definition) is 2. The molecule has 0 spiro atoms. The third-order valence-corrected chi connectivity index (χ3v) is 8.05. The van der Waals surface area contributed by atoms with Gasteiger partial charge < -0.3 is 11.5 Å². The first-order chi connectivity index (χ1) is 19.5. The number of hydrogen-bond donors (Lipinski definition) is 2. The molecule has 0 aliphatic carbocycles. The molecule has 41 heavy (non-hydrogen) atoms. The number of rotatable bonds is 32. The summed E-state index contributed by atoms with van der Waals surface area (Å²) in [5.74, 6) is -0.306. The Morgan fingerprint density at radius 3 is 0.610 bits per heavy atom. The Kier molecular flexibility index (Phi) is 45.7. The van der Waals surface area contributed by atoms with Crippen molar-refractivity contribution in [3.8, 4) is 0 Å². The van der Waals surface area contributed by atoms with Crippen molar-refractivity contribution in [3.63, 3.8) is 0 Å². The van der Waals surface area contributed by atoms with Crippen molar-refractivity contribution in [1.29, 1.82) is 0 Å². The van der Waals surface area contributed by atoms with Gasteiger partial charge in [0.1, 0.15) is 0 Å². The summed E-state index contributed by atoms with van der Waals surface area (Å²) >= 11 is 0. The average molecular weight is 574 g/mol. The van der Waals surface area contributed by atoms with Crippen LogP contribution in [0.2, 0.25) is 0 Å². The zero-order valence-corrected chi connectivity index (χ0v) is 28.6. The summed E-state index contributed by atoms with van der Waals surface area (Å²) in [4.78, 5) is 21.1. The molecular formula is C36H74LiN2O2. The molecule has 2 amide bonds. The number of primary amides is 2. The predicted octanol–water partition coefficient (Wildman–Crippen LogP) is 11.1. The second-order valence-corrected chi connectivity index (χ2v) is 12.3. The van der Waals surface area contributed by atoms with E-state index < -0.39 is 0 Å². The molecule has 0 atom stereocenters. The summed E-state index contributed by atoms with van der Waals surface area (Å²) in [5, 5.41) is 0. The quantitative estimate of drug-likeness (QED) is 0.0619. The van der Waals surface area contributed by atoms with Crippen molar-refractivity contribution in [2.24, 2.45) is 11.5 Å². The molecule has 0 saturated carbocycles. The van der Waals surface area contributed by atoms with Gasteiger partial charge in [-0.15, -0.1) is 0 Å². The van der Waals surface area contributed by atoms with Crippen LogP contribution in [0.3, 0.4) is 0 Å². The molecule has 0 aromatic rings. The van der Waals surface area contributed by atoms with E-state index in [-0.39, 0.29) is 30.7 Å². The largest absolute Gasteiger partial charge is 0.370 e. The Hall–Kier alpha value is -0.463. The topological polar surface area (TPSA) is 86.2 Å². The summed E-state index contributed by atoms with van der Waals surface area (Å²) in [6, 6.07) is 0. The van der Waals surface area contributed by atoms with Gasteiger partial charge in [0.05, 0.1) is 0 Å². The molecule has 4 nitrogen and oxygen atoms in total. The predicted molar refractivity (Wildman–Crippen MR) is 183 cm³/mol. The van der Waals surface area contributed by atoms with Gasteiger partial charge in [0.25, 0.3) is 0 Å². The Morgan fingerprint density at radius 2 is 0.463 bits per heavy atom. The van der Waals surface area contributed by atoms with E-state index in [4.69, 9.17) is 11.5 Å². The van der Waals surface area contributed by atoms with E-state index in [0.29, 0.717) is 12.8 Å². The molecule has 0 aromatic carbocycles. The van der Waals surface area contributed by atoms with E-state index >= 15 is 0 Å². The van der Waals surface area contributed by atoms with Crippen molar-refractivity contribution >= 4 is 30.7 Å². The summed E-state index contributed by atoms with van der Waals surface area (Å²) in [6.07, 6.45) is 41.8. The van der Waals surface area contributed by atoms with Crippen LogP contribution in [0.25, 0.3) is 0 Å². The fraction of sp³-hybridized carbons (Fsp3) is 0.944. The van der Waals surface area contributed by atoms with E-state index in [1.807, 2.05) is 0 Å². The second-order valence-electron chi connectivity index (χ2n) is 12.3. The summed E-state index contributed by atoms with van der Waals surface area (Å²) in [6.45, 7) is 4.55. The van der Waals surface area contributed by atoms with Crippen LogP contribution in [-0.4, -0.2) is 30.7 Å². The first-order valence-corrected chi connectivity index (χ1v) is 18.1. The summed E-state index contributed by atoms with van der Waals surface area (Å²) in [5.41, 5.74) is 10.2. The zero-order chi connectivity index (χ0) is 29.8. The molecule has 0 fully saturated rings. The maximum Gasteiger partial charge on any atom is 0.217 e. The molecule has 1 radical (unpaired) electrons. The number of carbonyl (C=O) groups excluding carboxylic acids is 2. The number of unbranched alkanes of at least 4 members (excludes halogenated alkanes) is 28. The van der Waals surface area contributed by atoms with Crippen molar-refractivity contribution in [2.45, 2.75) is 219 Å². The third-order valence-electron chi connectivity index (χ3n) is 8.05. The third kappa shape index (κ3) is 49.5. The van der Waals surface area contributed by atoms with Crippen LogP contribution >= 0.6 is 0 Å². The molecule has 241 valence electrons. The Balaban J connectivity index is -0.000000688. The number of nitrogens with two attached hydrogens (primary N) is 2. The minimum Gasteiger partial charge on any atom is -0.370 e. The molecular weight excluding hydrogens is 499 g/mol. The van der Waals surface area contributed by atoms with Gasteiger partial charge in [-0.2, -0.15) is 0 Å². The molecule has 0 unspecified atom stereocenters. The average Bonchev–Trinajstić information content (AvgIpc) is 2.93. The Labute approximate surface area is 270 Å². The van der Waals surface area contributed by atoms with Crippen LogP contribution < -0.4 is 11.5 Å². The molecule has 0 aromatic heterocycles. The van der Waals surface area contributed by atoms with Crippen molar-refractivity contribution in [2.75, 3.05) is 0 Å². The molecule has 0 aliphatic rings. The smallest absolute Gasteiger partial charge is 0.217 e. The van der Waals surface area contributed by atoms with Gasteiger partial charge in [-0.25, -0.2) is 0 Å². The van der Waals surface area contributed by atoms with Gasteiger partial charge in [-0.05, 0) is 12.8 Å². The Bertz CT molecular complexity index is 458. The van der Waals surface area contributed by atoms with Crippen molar-refractivity contribution in [1.82, 2.24) is 0 Å². The molecule has 0 bridgehead atoms. The number of carbonyl (C=O) groups is 2. The van der Waals surface area contributed by atoms with Gasteiger partial charge in [0.2, 0.25) is 11.8 Å². The fourth-order valence-electron chi connectivity index (χ4n) is 5.34. The zero-order valence-electron chi connectivity index (χ0n) is 28.6. The summed E-state index contributed by atoms with van der Waals surface area (Å²) in [7, 11) is 0. The van der Waals surface area contributed by atoms with Crippen LogP contribution in [-0.2, 0) is 9.59 Å². The van der Waals surface area contributed by atoms with Crippen LogP contribution in [0.4, 0.5) is 0 Å². The molecule has 0 rings (SSSR count). The van der Waals surface area contributed by atoms with E-state index in [2.05, 4.69) is 13.8 Å². The Morgan fingerprint density at radius 1 is 0.317 bits per heavy atom. The molecule has 0 saturated heterocycles. The second kappa shape index (κ2) is 41.7. The normalized spacial score (nSPS) is 10.6. The fourth-order valence-corrected chi connectivity index (χ4v) is 5.34. The van der Waals surface area contributed by atoms with Crippen LogP contribution in [0.15, 0.2) is 0 Å². The van der Waals surface area contributed by atoms with Gasteiger partial charge in [0, 0.05) is 31.7 Å². The first kappa shape index (κ1) is 45.0. The van der Waals surface area contributed by atoms with Crippen LogP contribution in [0, 0.1) is 0 Å². The van der Waals surface area contributed by atoms with Crippen LogP contribution in [0.1, 0.15) is 219 Å². The van der Waals surface area contributed by atoms with Crippen molar-refractivity contribution < 1.29 is 9.59 Å². The standard InChI is InChI=1S/2C18H37NO.Li/c2*1-2-3-4-5-6-7-8-9-10-11-12-13-14-15-16-17-18(19)20;/h2*2-17H2,1H3,(H2,19,20);. The minimum absolute atomic E-state index is 0. The van der Waals surface area contributed by atoms with Gasteiger partial charge in [-0.1, -0.05) is 194 Å². The first-order valence-electron chi connectivity index (χ1n) is 18.1. The van der Waals surface area contributed by atoms with E-state index in [9.17, 15) is 9.59 Å². The maximum absolute atomic E-state index is 10.6. The minimum atomic E-state index is -0.153. The van der Waals surface area contributed by atoms with E-state index in [1.165, 1.54) is 180 Å². The van der Waals surface area contributed by atoms with Gasteiger partial charge >= 0.3 is 0 Å².